The van der Waals surface area contributed by atoms with Gasteiger partial charge in [0.25, 0.3) is 0 Å². The first kappa shape index (κ1) is 9.34. The summed E-state index contributed by atoms with van der Waals surface area (Å²) in [4.78, 5) is 0. The molecule has 0 radical (unpaired) electrons. The zero-order valence-corrected chi connectivity index (χ0v) is 8.28. The van der Waals surface area contributed by atoms with Crippen LogP contribution in [0.2, 0.25) is 5.02 Å². The number of hydrogen-bond donors (Lipinski definition) is 0. The highest BCUT2D eigenvalue weighted by atomic mass is 35.5. The zero-order chi connectivity index (χ0) is 9.14. The van der Waals surface area contributed by atoms with Crippen LogP contribution < -0.4 is 0 Å². The Kier molecular flexibility index (Phi) is 2.93. The van der Waals surface area contributed by atoms with Gasteiger partial charge in [-0.1, -0.05) is 29.8 Å². The second kappa shape index (κ2) is 3.77. The molecule has 0 nitrogen and oxygen atoms in total. The second-order valence-electron chi connectivity index (χ2n) is 3.20. The number of allylic oxidation sites excluding steroid dienone is 1. The molecule has 0 unspecified atom stereocenters. The molecule has 0 amide bonds. The van der Waals surface area contributed by atoms with Gasteiger partial charge in [-0.3, -0.25) is 0 Å². The average Bonchev–Trinajstić information content (AvgIpc) is 1.96. The number of aryl methyl sites for hydroxylation is 1. The molecule has 1 aromatic carbocycles. The van der Waals surface area contributed by atoms with Crippen LogP contribution in [-0.2, 0) is 6.42 Å². The van der Waals surface area contributed by atoms with Crippen molar-refractivity contribution in [2.24, 2.45) is 0 Å². The lowest BCUT2D eigenvalue weighted by molar-refractivity contribution is 1.13. The van der Waals surface area contributed by atoms with E-state index in [4.69, 9.17) is 11.6 Å². The first-order chi connectivity index (χ1) is 5.59. The van der Waals surface area contributed by atoms with Crippen LogP contribution in [0, 0.1) is 6.92 Å². The minimum absolute atomic E-state index is 0.803. The monoisotopic (exact) mass is 180 g/mol. The van der Waals surface area contributed by atoms with Crippen molar-refractivity contribution >= 4 is 11.6 Å². The summed E-state index contributed by atoms with van der Waals surface area (Å²) in [6.07, 6.45) is 0.923. The van der Waals surface area contributed by atoms with Gasteiger partial charge in [0, 0.05) is 5.02 Å². The Morgan fingerprint density at radius 1 is 1.50 bits per heavy atom. The standard InChI is InChI=1S/C11H13Cl/c1-8(2)6-10-7-11(12)5-4-9(10)3/h4-5,7H,1,6H2,2-3H3. The van der Waals surface area contributed by atoms with Crippen molar-refractivity contribution in [3.8, 4) is 0 Å². The summed E-state index contributed by atoms with van der Waals surface area (Å²) in [5.41, 5.74) is 3.72. The topological polar surface area (TPSA) is 0 Å². The minimum Gasteiger partial charge on any atom is -0.0998 e. The lowest BCUT2D eigenvalue weighted by Crippen LogP contribution is -1.89. The maximum Gasteiger partial charge on any atom is 0.0409 e. The van der Waals surface area contributed by atoms with Crippen LogP contribution in [0.5, 0.6) is 0 Å². The van der Waals surface area contributed by atoms with Crippen LogP contribution in [0.15, 0.2) is 30.4 Å². The lowest BCUT2D eigenvalue weighted by atomic mass is 10.0. The molecule has 0 fully saturated rings. The van der Waals surface area contributed by atoms with Gasteiger partial charge in [-0.2, -0.15) is 0 Å². The number of hydrogen-bond acceptors (Lipinski definition) is 0. The summed E-state index contributed by atoms with van der Waals surface area (Å²) in [6, 6.07) is 5.96. The smallest absolute Gasteiger partial charge is 0.0409 e. The Labute approximate surface area is 78.9 Å². The fourth-order valence-corrected chi connectivity index (χ4v) is 1.35. The van der Waals surface area contributed by atoms with Crippen molar-refractivity contribution in [3.05, 3.63) is 46.5 Å². The van der Waals surface area contributed by atoms with E-state index < -0.39 is 0 Å². The molecule has 0 saturated heterocycles. The largest absolute Gasteiger partial charge is 0.0998 e. The van der Waals surface area contributed by atoms with Crippen LogP contribution in [0.25, 0.3) is 0 Å². The first-order valence-electron chi connectivity index (χ1n) is 3.99. The van der Waals surface area contributed by atoms with Gasteiger partial charge in [0.2, 0.25) is 0 Å². The summed E-state index contributed by atoms with van der Waals surface area (Å²) >= 11 is 5.87. The van der Waals surface area contributed by atoms with Crippen molar-refractivity contribution in [1.82, 2.24) is 0 Å². The summed E-state index contributed by atoms with van der Waals surface area (Å²) < 4.78 is 0. The quantitative estimate of drug-likeness (QED) is 0.608. The molecule has 0 heterocycles. The molecule has 1 heteroatoms. The van der Waals surface area contributed by atoms with Crippen LogP contribution in [0.4, 0.5) is 0 Å². The number of benzene rings is 1. The highest BCUT2D eigenvalue weighted by Gasteiger charge is 1.98. The summed E-state index contributed by atoms with van der Waals surface area (Å²) in [6.45, 7) is 8.00. The van der Waals surface area contributed by atoms with Crippen molar-refractivity contribution < 1.29 is 0 Å². The highest BCUT2D eigenvalue weighted by molar-refractivity contribution is 6.30. The van der Waals surface area contributed by atoms with Crippen molar-refractivity contribution in [2.75, 3.05) is 0 Å². The van der Waals surface area contributed by atoms with Gasteiger partial charge in [0.1, 0.15) is 0 Å². The predicted molar refractivity (Wildman–Crippen MR) is 54.7 cm³/mol. The van der Waals surface area contributed by atoms with Gasteiger partial charge in [-0.15, -0.1) is 0 Å². The van der Waals surface area contributed by atoms with E-state index in [1.165, 1.54) is 16.7 Å². The van der Waals surface area contributed by atoms with E-state index in [1.54, 1.807) is 0 Å². The first-order valence-corrected chi connectivity index (χ1v) is 4.37. The predicted octanol–water partition coefficient (Wildman–Crippen LogP) is 3.77. The molecule has 0 atom stereocenters. The van der Waals surface area contributed by atoms with Crippen LogP contribution in [0.1, 0.15) is 18.1 Å². The molecule has 0 aliphatic rings. The molecule has 0 aromatic heterocycles. The Bertz CT molecular complexity index is 300. The Morgan fingerprint density at radius 2 is 2.17 bits per heavy atom. The molecule has 0 aliphatic carbocycles. The fraction of sp³-hybridized carbons (Fsp3) is 0.273. The van der Waals surface area contributed by atoms with Crippen molar-refractivity contribution in [2.45, 2.75) is 20.3 Å². The molecule has 0 N–H and O–H groups in total. The van der Waals surface area contributed by atoms with Gasteiger partial charge in [0.15, 0.2) is 0 Å². The third kappa shape index (κ3) is 2.38. The van der Waals surface area contributed by atoms with Crippen LogP contribution >= 0.6 is 11.6 Å². The molecule has 0 bridgehead atoms. The van der Waals surface area contributed by atoms with E-state index in [0.29, 0.717) is 0 Å². The summed E-state index contributed by atoms with van der Waals surface area (Å²) in [7, 11) is 0. The van der Waals surface area contributed by atoms with E-state index >= 15 is 0 Å². The third-order valence-corrected chi connectivity index (χ3v) is 2.04. The molecular formula is C11H13Cl. The normalized spacial score (nSPS) is 9.92. The maximum atomic E-state index is 5.87. The molecular weight excluding hydrogens is 168 g/mol. The minimum atomic E-state index is 0.803. The van der Waals surface area contributed by atoms with Gasteiger partial charge in [0.05, 0.1) is 0 Å². The van der Waals surface area contributed by atoms with Gasteiger partial charge in [-0.25, -0.2) is 0 Å². The zero-order valence-electron chi connectivity index (χ0n) is 7.52. The van der Waals surface area contributed by atoms with E-state index in [2.05, 4.69) is 13.5 Å². The molecule has 1 rings (SSSR count). The molecule has 0 aliphatic heterocycles. The Balaban J connectivity index is 2.97. The number of rotatable bonds is 2. The van der Waals surface area contributed by atoms with E-state index in [-0.39, 0.29) is 0 Å². The summed E-state index contributed by atoms with van der Waals surface area (Å²) in [5, 5.41) is 0.803. The van der Waals surface area contributed by atoms with Crippen molar-refractivity contribution in [1.29, 1.82) is 0 Å². The van der Waals surface area contributed by atoms with Crippen LogP contribution in [-0.4, -0.2) is 0 Å². The van der Waals surface area contributed by atoms with Crippen LogP contribution in [0.3, 0.4) is 0 Å². The van der Waals surface area contributed by atoms with E-state index in [1.807, 2.05) is 25.1 Å². The third-order valence-electron chi connectivity index (χ3n) is 1.80. The van der Waals surface area contributed by atoms with E-state index in [9.17, 15) is 0 Å². The summed E-state index contributed by atoms with van der Waals surface area (Å²) in [5.74, 6) is 0. The van der Waals surface area contributed by atoms with Gasteiger partial charge >= 0.3 is 0 Å². The second-order valence-corrected chi connectivity index (χ2v) is 3.64. The molecule has 1 aromatic rings. The SMILES string of the molecule is C=C(C)Cc1cc(Cl)ccc1C. The lowest BCUT2D eigenvalue weighted by Gasteiger charge is -2.05. The Hall–Kier alpha value is -0.750. The highest BCUT2D eigenvalue weighted by Crippen LogP contribution is 2.17. The molecule has 64 valence electrons. The molecule has 12 heavy (non-hydrogen) atoms. The van der Waals surface area contributed by atoms with Gasteiger partial charge in [-0.05, 0) is 43.5 Å². The fourth-order valence-electron chi connectivity index (χ4n) is 1.16. The maximum absolute atomic E-state index is 5.87. The molecule has 0 saturated carbocycles. The van der Waals surface area contributed by atoms with Gasteiger partial charge < -0.3 is 0 Å². The Morgan fingerprint density at radius 3 is 2.75 bits per heavy atom. The average molecular weight is 181 g/mol. The molecule has 0 spiro atoms. The van der Waals surface area contributed by atoms with E-state index in [0.717, 1.165) is 11.4 Å². The van der Waals surface area contributed by atoms with Crippen molar-refractivity contribution in [3.63, 3.8) is 0 Å². The number of halogens is 1.